The van der Waals surface area contributed by atoms with Crippen LogP contribution in [-0.2, 0) is 6.42 Å². The Morgan fingerprint density at radius 2 is 2.24 bits per heavy atom. The fourth-order valence-electron chi connectivity index (χ4n) is 3.04. The van der Waals surface area contributed by atoms with Crippen LogP contribution in [0.15, 0.2) is 17.5 Å². The first-order valence-electron chi connectivity index (χ1n) is 6.94. The predicted molar refractivity (Wildman–Crippen MR) is 76.3 cm³/mol. The van der Waals surface area contributed by atoms with E-state index in [-0.39, 0.29) is 0 Å². The highest BCUT2D eigenvalue weighted by Crippen LogP contribution is 2.35. The van der Waals surface area contributed by atoms with Crippen molar-refractivity contribution in [1.29, 1.82) is 0 Å². The maximum atomic E-state index is 6.28. The molecule has 0 aliphatic heterocycles. The van der Waals surface area contributed by atoms with Gasteiger partial charge in [0.1, 0.15) is 0 Å². The molecule has 3 atom stereocenters. The highest BCUT2D eigenvalue weighted by molar-refractivity contribution is 7.09. The maximum absolute atomic E-state index is 6.28. The molecule has 0 radical (unpaired) electrons. The quantitative estimate of drug-likeness (QED) is 0.857. The lowest BCUT2D eigenvalue weighted by Gasteiger charge is -2.36. The van der Waals surface area contributed by atoms with Crippen LogP contribution in [0.25, 0.3) is 0 Å². The van der Waals surface area contributed by atoms with Gasteiger partial charge in [0.2, 0.25) is 0 Å². The molecule has 1 fully saturated rings. The number of rotatable bonds is 4. The van der Waals surface area contributed by atoms with Gasteiger partial charge in [0.25, 0.3) is 0 Å². The summed E-state index contributed by atoms with van der Waals surface area (Å²) < 4.78 is 0. The van der Waals surface area contributed by atoms with E-state index in [2.05, 4.69) is 31.4 Å². The van der Waals surface area contributed by atoms with E-state index in [1.54, 1.807) is 0 Å². The van der Waals surface area contributed by atoms with Gasteiger partial charge in [-0.2, -0.15) is 0 Å². The van der Waals surface area contributed by atoms with Crippen LogP contribution >= 0.6 is 11.3 Å². The Hall–Kier alpha value is -0.340. The van der Waals surface area contributed by atoms with E-state index in [4.69, 9.17) is 5.73 Å². The van der Waals surface area contributed by atoms with Gasteiger partial charge in [-0.1, -0.05) is 19.9 Å². The first kappa shape index (κ1) is 13.1. The van der Waals surface area contributed by atoms with Gasteiger partial charge in [-0.3, -0.25) is 0 Å². The van der Waals surface area contributed by atoms with Crippen LogP contribution in [0.2, 0.25) is 0 Å². The lowest BCUT2D eigenvalue weighted by atomic mass is 9.72. The molecule has 1 aromatic rings. The third-order valence-electron chi connectivity index (χ3n) is 4.37. The molecular weight excluding hydrogens is 226 g/mol. The monoisotopic (exact) mass is 251 g/mol. The largest absolute Gasteiger partial charge is 0.327 e. The summed E-state index contributed by atoms with van der Waals surface area (Å²) in [6.45, 7) is 4.72. The molecule has 1 nitrogen and oxygen atoms in total. The normalized spacial score (nSPS) is 29.8. The fourth-order valence-corrected chi connectivity index (χ4v) is 3.77. The molecule has 1 aromatic heterocycles. The number of aryl methyl sites for hydroxylation is 1. The molecule has 0 bridgehead atoms. The first-order chi connectivity index (χ1) is 8.16. The maximum Gasteiger partial charge on any atom is 0.00674 e. The van der Waals surface area contributed by atoms with Crippen molar-refractivity contribution in [3.63, 3.8) is 0 Å². The summed E-state index contributed by atoms with van der Waals surface area (Å²) in [7, 11) is 0. The molecule has 2 rings (SSSR count). The lowest BCUT2D eigenvalue weighted by Crippen LogP contribution is -2.37. The Bertz CT molecular complexity index is 318. The molecule has 96 valence electrons. The Kier molecular flexibility index (Phi) is 4.63. The molecular formula is C15H25NS. The Morgan fingerprint density at radius 1 is 1.41 bits per heavy atom. The number of thiophene rings is 1. The highest BCUT2D eigenvalue weighted by Gasteiger charge is 2.29. The molecule has 1 heterocycles. The SMILES string of the molecule is CC(C)C1CCC(N)C(CCc2cccs2)C1. The van der Waals surface area contributed by atoms with E-state index < -0.39 is 0 Å². The van der Waals surface area contributed by atoms with Crippen LogP contribution in [0.4, 0.5) is 0 Å². The average molecular weight is 251 g/mol. The third kappa shape index (κ3) is 3.56. The summed E-state index contributed by atoms with van der Waals surface area (Å²) in [6.07, 6.45) is 6.43. The molecule has 0 saturated heterocycles. The van der Waals surface area contributed by atoms with Crippen LogP contribution in [0.5, 0.6) is 0 Å². The van der Waals surface area contributed by atoms with Crippen LogP contribution < -0.4 is 5.73 Å². The average Bonchev–Trinajstić information content (AvgIpc) is 2.80. The minimum Gasteiger partial charge on any atom is -0.327 e. The minimum absolute atomic E-state index is 0.449. The summed E-state index contributed by atoms with van der Waals surface area (Å²) in [4.78, 5) is 1.52. The zero-order chi connectivity index (χ0) is 12.3. The Labute approximate surface area is 109 Å². The molecule has 3 unspecified atom stereocenters. The van der Waals surface area contributed by atoms with Crippen molar-refractivity contribution in [1.82, 2.24) is 0 Å². The van der Waals surface area contributed by atoms with E-state index in [1.807, 2.05) is 11.3 Å². The van der Waals surface area contributed by atoms with Gasteiger partial charge in [0.05, 0.1) is 0 Å². The van der Waals surface area contributed by atoms with Crippen molar-refractivity contribution in [2.45, 2.75) is 52.0 Å². The van der Waals surface area contributed by atoms with Crippen molar-refractivity contribution >= 4 is 11.3 Å². The predicted octanol–water partition coefficient (Wildman–Crippen LogP) is 4.08. The van der Waals surface area contributed by atoms with E-state index in [0.29, 0.717) is 6.04 Å². The van der Waals surface area contributed by atoms with Crippen molar-refractivity contribution in [3.05, 3.63) is 22.4 Å². The van der Waals surface area contributed by atoms with Gasteiger partial charge in [-0.25, -0.2) is 0 Å². The van der Waals surface area contributed by atoms with Gasteiger partial charge in [0, 0.05) is 10.9 Å². The second kappa shape index (κ2) is 6.01. The zero-order valence-corrected chi connectivity index (χ0v) is 11.9. The van der Waals surface area contributed by atoms with Crippen LogP contribution in [0.3, 0.4) is 0 Å². The molecule has 0 aromatic carbocycles. The van der Waals surface area contributed by atoms with Gasteiger partial charge < -0.3 is 5.73 Å². The molecule has 0 spiro atoms. The molecule has 17 heavy (non-hydrogen) atoms. The summed E-state index contributed by atoms with van der Waals surface area (Å²) in [5, 5.41) is 2.17. The summed E-state index contributed by atoms with van der Waals surface area (Å²) in [6, 6.07) is 4.85. The molecule has 1 saturated carbocycles. The number of nitrogens with two attached hydrogens (primary N) is 1. The van der Waals surface area contributed by atoms with Crippen LogP contribution in [0.1, 0.15) is 44.4 Å². The van der Waals surface area contributed by atoms with E-state index in [1.165, 1.54) is 37.0 Å². The standard InChI is InChI=1S/C15H25NS/c1-11(2)12-6-8-15(16)13(10-12)5-7-14-4-3-9-17-14/h3-4,9,11-13,15H,5-8,10,16H2,1-2H3. The Morgan fingerprint density at radius 3 is 2.88 bits per heavy atom. The van der Waals surface area contributed by atoms with Crippen molar-refractivity contribution in [2.75, 3.05) is 0 Å². The van der Waals surface area contributed by atoms with Gasteiger partial charge in [-0.15, -0.1) is 11.3 Å². The summed E-state index contributed by atoms with van der Waals surface area (Å²) >= 11 is 1.88. The lowest BCUT2D eigenvalue weighted by molar-refractivity contribution is 0.183. The third-order valence-corrected chi connectivity index (χ3v) is 5.30. The smallest absolute Gasteiger partial charge is 0.00674 e. The highest BCUT2D eigenvalue weighted by atomic mass is 32.1. The van der Waals surface area contributed by atoms with Crippen molar-refractivity contribution in [3.8, 4) is 0 Å². The first-order valence-corrected chi connectivity index (χ1v) is 7.82. The molecule has 1 aliphatic carbocycles. The summed E-state index contributed by atoms with van der Waals surface area (Å²) in [5.74, 6) is 2.48. The van der Waals surface area contributed by atoms with Gasteiger partial charge in [-0.05, 0) is 61.3 Å². The minimum atomic E-state index is 0.449. The van der Waals surface area contributed by atoms with E-state index in [9.17, 15) is 0 Å². The fraction of sp³-hybridized carbons (Fsp3) is 0.733. The van der Waals surface area contributed by atoms with Gasteiger partial charge >= 0.3 is 0 Å². The second-order valence-corrected chi connectivity index (χ2v) is 6.89. The molecule has 1 aliphatic rings. The van der Waals surface area contributed by atoms with Crippen molar-refractivity contribution < 1.29 is 0 Å². The van der Waals surface area contributed by atoms with E-state index >= 15 is 0 Å². The topological polar surface area (TPSA) is 26.0 Å². The van der Waals surface area contributed by atoms with Crippen LogP contribution in [0, 0.1) is 17.8 Å². The number of hydrogen-bond acceptors (Lipinski definition) is 2. The number of hydrogen-bond donors (Lipinski definition) is 1. The van der Waals surface area contributed by atoms with Crippen LogP contribution in [-0.4, -0.2) is 6.04 Å². The molecule has 2 heteroatoms. The van der Waals surface area contributed by atoms with Crippen molar-refractivity contribution in [2.24, 2.45) is 23.5 Å². The second-order valence-electron chi connectivity index (χ2n) is 5.86. The molecule has 2 N–H and O–H groups in total. The molecule has 0 amide bonds. The van der Waals surface area contributed by atoms with Gasteiger partial charge in [0.15, 0.2) is 0 Å². The zero-order valence-electron chi connectivity index (χ0n) is 11.1. The summed E-state index contributed by atoms with van der Waals surface area (Å²) in [5.41, 5.74) is 6.28. The van der Waals surface area contributed by atoms with E-state index in [0.717, 1.165) is 17.8 Å². The Balaban J connectivity index is 1.85.